The van der Waals surface area contributed by atoms with Gasteiger partial charge in [-0.05, 0) is 42.0 Å². The van der Waals surface area contributed by atoms with Crippen molar-refractivity contribution in [2.45, 2.75) is 70.4 Å². The molecular weight excluding hydrogens is 426 g/mol. The van der Waals surface area contributed by atoms with Crippen LogP contribution in [0.3, 0.4) is 0 Å². The number of benzene rings is 1. The van der Waals surface area contributed by atoms with E-state index in [1.807, 2.05) is 24.3 Å². The van der Waals surface area contributed by atoms with Crippen LogP contribution < -0.4 is 10.2 Å². The zero-order chi connectivity index (χ0) is 23.3. The molecule has 2 amide bonds. The smallest absolute Gasteiger partial charge is 0.248 e. The molecule has 1 aromatic heterocycles. The lowest BCUT2D eigenvalue weighted by Gasteiger charge is -2.33. The normalized spacial score (nSPS) is 15.8. The molecule has 0 spiro atoms. The van der Waals surface area contributed by atoms with Crippen molar-refractivity contribution in [3.63, 3.8) is 0 Å². The number of hydrogen-bond donors (Lipinski definition) is 2. The Labute approximate surface area is 195 Å². The van der Waals surface area contributed by atoms with E-state index in [9.17, 15) is 14.7 Å². The quantitative estimate of drug-likeness (QED) is 0.607. The first-order valence-corrected chi connectivity index (χ1v) is 11.7. The predicted molar refractivity (Wildman–Crippen MR) is 127 cm³/mol. The van der Waals surface area contributed by atoms with Gasteiger partial charge in [-0.1, -0.05) is 52.2 Å². The first kappa shape index (κ1) is 24.1. The zero-order valence-corrected chi connectivity index (χ0v) is 19.7. The van der Waals surface area contributed by atoms with Crippen LogP contribution in [0.15, 0.2) is 42.7 Å². The Morgan fingerprint density at radius 3 is 2.38 bits per heavy atom. The molecule has 0 aliphatic heterocycles. The van der Waals surface area contributed by atoms with Crippen LogP contribution in [0, 0.1) is 0 Å². The molecule has 0 bridgehead atoms. The van der Waals surface area contributed by atoms with E-state index in [1.54, 1.807) is 0 Å². The number of halogens is 1. The number of nitrogens with zero attached hydrogens (tertiary/aromatic N) is 2. The lowest BCUT2D eigenvalue weighted by Crippen LogP contribution is -2.47. The van der Waals surface area contributed by atoms with E-state index in [1.165, 1.54) is 29.8 Å². The summed E-state index contributed by atoms with van der Waals surface area (Å²) in [5.41, 5.74) is 2.06. The number of hydrogen-bond acceptors (Lipinski definition) is 4. The van der Waals surface area contributed by atoms with Crippen LogP contribution in [0.5, 0.6) is 5.75 Å². The summed E-state index contributed by atoms with van der Waals surface area (Å²) < 4.78 is 0. The van der Waals surface area contributed by atoms with Gasteiger partial charge in [0, 0.05) is 23.5 Å². The molecule has 1 fully saturated rings. The van der Waals surface area contributed by atoms with E-state index in [0.29, 0.717) is 11.3 Å². The van der Waals surface area contributed by atoms with Crippen LogP contribution in [0.1, 0.15) is 70.0 Å². The Hall–Kier alpha value is -2.60. The lowest BCUT2D eigenvalue weighted by molar-refractivity contribution is -0.126. The van der Waals surface area contributed by atoms with E-state index in [2.05, 4.69) is 31.1 Å². The zero-order valence-electron chi connectivity index (χ0n) is 19.0. The van der Waals surface area contributed by atoms with Crippen LogP contribution in [0.4, 0.5) is 5.69 Å². The SMILES string of the molecule is CC(C)(C)c1ccc(N(C(=O)CCl)C(C(=O)NC2CCCCC2)c2cncc(O)c2)cc1. The molecular formula is C25H32ClN3O3. The van der Waals surface area contributed by atoms with Crippen molar-refractivity contribution in [1.29, 1.82) is 0 Å². The van der Waals surface area contributed by atoms with Gasteiger partial charge >= 0.3 is 0 Å². The number of rotatable bonds is 6. The summed E-state index contributed by atoms with van der Waals surface area (Å²) in [6.07, 6.45) is 7.95. The number of carbonyl (C=O) groups excluding carboxylic acids is 2. The number of aromatic hydroxyl groups is 1. The predicted octanol–water partition coefficient (Wildman–Crippen LogP) is 4.85. The van der Waals surface area contributed by atoms with Gasteiger partial charge in [0.05, 0.1) is 6.20 Å². The van der Waals surface area contributed by atoms with Crippen LogP contribution >= 0.6 is 11.6 Å². The maximum Gasteiger partial charge on any atom is 0.248 e. The minimum atomic E-state index is -0.997. The molecule has 1 aromatic carbocycles. The van der Waals surface area contributed by atoms with Crippen molar-refractivity contribution in [2.75, 3.05) is 10.8 Å². The summed E-state index contributed by atoms with van der Waals surface area (Å²) >= 11 is 5.97. The Bertz CT molecular complexity index is 934. The molecule has 3 rings (SSSR count). The third-order valence-electron chi connectivity index (χ3n) is 5.91. The van der Waals surface area contributed by atoms with Gasteiger partial charge in [-0.2, -0.15) is 0 Å². The number of pyridine rings is 1. The average molecular weight is 458 g/mol. The molecule has 1 unspecified atom stereocenters. The summed E-state index contributed by atoms with van der Waals surface area (Å²) in [5, 5.41) is 13.1. The van der Waals surface area contributed by atoms with Gasteiger partial charge in [0.15, 0.2) is 0 Å². The fraction of sp³-hybridized carbons (Fsp3) is 0.480. The number of carbonyl (C=O) groups is 2. The Balaban J connectivity index is 2.03. The Morgan fingerprint density at radius 2 is 1.81 bits per heavy atom. The molecule has 6 nitrogen and oxygen atoms in total. The van der Waals surface area contributed by atoms with Gasteiger partial charge in [0.25, 0.3) is 0 Å². The van der Waals surface area contributed by atoms with E-state index in [4.69, 9.17) is 11.6 Å². The van der Waals surface area contributed by atoms with Crippen molar-refractivity contribution < 1.29 is 14.7 Å². The lowest BCUT2D eigenvalue weighted by atomic mass is 9.87. The largest absolute Gasteiger partial charge is 0.506 e. The van der Waals surface area contributed by atoms with Gasteiger partial charge in [-0.3, -0.25) is 19.5 Å². The van der Waals surface area contributed by atoms with Crippen molar-refractivity contribution in [2.24, 2.45) is 0 Å². The van der Waals surface area contributed by atoms with Crippen molar-refractivity contribution >= 4 is 29.1 Å². The number of anilines is 1. The Kier molecular flexibility index (Phi) is 7.77. The Morgan fingerprint density at radius 1 is 1.16 bits per heavy atom. The maximum absolute atomic E-state index is 13.5. The van der Waals surface area contributed by atoms with Crippen LogP contribution in [-0.2, 0) is 15.0 Å². The summed E-state index contributed by atoms with van der Waals surface area (Å²) in [6, 6.07) is 8.13. The summed E-state index contributed by atoms with van der Waals surface area (Å²) in [6.45, 7) is 6.34. The molecule has 2 aromatic rings. The average Bonchev–Trinajstić information content (AvgIpc) is 2.77. The highest BCUT2D eigenvalue weighted by molar-refractivity contribution is 6.29. The van der Waals surface area contributed by atoms with Gasteiger partial charge in [-0.25, -0.2) is 0 Å². The molecule has 32 heavy (non-hydrogen) atoms. The second-order valence-electron chi connectivity index (χ2n) is 9.42. The minimum Gasteiger partial charge on any atom is -0.506 e. The number of amides is 2. The van der Waals surface area contributed by atoms with Crippen LogP contribution in [0.25, 0.3) is 0 Å². The monoisotopic (exact) mass is 457 g/mol. The van der Waals surface area contributed by atoms with Crippen LogP contribution in [0.2, 0.25) is 0 Å². The topological polar surface area (TPSA) is 82.5 Å². The standard InChI is InChI=1S/C25H32ClN3O3/c1-25(2,3)18-9-11-20(12-10-18)29(22(31)14-26)23(17-13-21(30)16-27-15-17)24(32)28-19-7-5-4-6-8-19/h9-13,15-16,19,23,30H,4-8,14H2,1-3H3,(H,28,32). The minimum absolute atomic E-state index is 0.0489. The third-order valence-corrected chi connectivity index (χ3v) is 6.14. The van der Waals surface area contributed by atoms with Crippen LogP contribution in [-0.4, -0.2) is 33.8 Å². The number of alkyl halides is 1. The number of nitrogens with one attached hydrogen (secondary N) is 1. The molecule has 1 aliphatic rings. The maximum atomic E-state index is 13.5. The summed E-state index contributed by atoms with van der Waals surface area (Å²) in [5.74, 6) is -1.05. The highest BCUT2D eigenvalue weighted by Gasteiger charge is 2.34. The molecule has 0 radical (unpaired) electrons. The molecule has 0 saturated heterocycles. The molecule has 1 aliphatic carbocycles. The van der Waals surface area contributed by atoms with E-state index in [0.717, 1.165) is 31.2 Å². The second kappa shape index (κ2) is 10.3. The van der Waals surface area contributed by atoms with Gasteiger partial charge < -0.3 is 10.4 Å². The van der Waals surface area contributed by atoms with Crippen molar-refractivity contribution in [3.8, 4) is 5.75 Å². The van der Waals surface area contributed by atoms with Crippen molar-refractivity contribution in [1.82, 2.24) is 10.3 Å². The molecule has 172 valence electrons. The molecule has 2 N–H and O–H groups in total. The van der Waals surface area contributed by atoms with Gasteiger partial charge in [-0.15, -0.1) is 11.6 Å². The third kappa shape index (κ3) is 5.80. The van der Waals surface area contributed by atoms with E-state index in [-0.39, 0.29) is 29.0 Å². The highest BCUT2D eigenvalue weighted by atomic mass is 35.5. The fourth-order valence-electron chi connectivity index (χ4n) is 4.16. The van der Waals surface area contributed by atoms with E-state index < -0.39 is 11.9 Å². The molecule has 7 heteroatoms. The highest BCUT2D eigenvalue weighted by Crippen LogP contribution is 2.32. The number of aromatic nitrogens is 1. The first-order valence-electron chi connectivity index (χ1n) is 11.1. The fourth-order valence-corrected chi connectivity index (χ4v) is 4.29. The van der Waals surface area contributed by atoms with Gasteiger partial charge in [0.1, 0.15) is 17.7 Å². The van der Waals surface area contributed by atoms with E-state index >= 15 is 0 Å². The molecule has 1 atom stereocenters. The summed E-state index contributed by atoms with van der Waals surface area (Å²) in [7, 11) is 0. The van der Waals surface area contributed by atoms with Gasteiger partial charge in [0.2, 0.25) is 11.8 Å². The van der Waals surface area contributed by atoms with Crippen molar-refractivity contribution in [3.05, 3.63) is 53.9 Å². The second-order valence-corrected chi connectivity index (χ2v) is 9.68. The molecule has 1 heterocycles. The summed E-state index contributed by atoms with van der Waals surface area (Å²) in [4.78, 5) is 32.0. The molecule has 1 saturated carbocycles. The first-order chi connectivity index (χ1) is 15.2.